The molecule has 3 rings (SSSR count). The first-order valence-electron chi connectivity index (χ1n) is 7.97. The van der Waals surface area contributed by atoms with E-state index in [0.29, 0.717) is 13.1 Å². The maximum absolute atomic E-state index is 5.89. The molecule has 0 unspecified atom stereocenters. The fraction of sp³-hybridized carbons (Fsp3) is 0.353. The zero-order valence-electron chi connectivity index (χ0n) is 14.6. The molecule has 0 atom stereocenters. The van der Waals surface area contributed by atoms with Gasteiger partial charge >= 0.3 is 0 Å². The van der Waals surface area contributed by atoms with Crippen molar-refractivity contribution in [3.63, 3.8) is 0 Å². The molecule has 1 aromatic carbocycles. The van der Waals surface area contributed by atoms with Crippen LogP contribution in [0.15, 0.2) is 46.1 Å². The van der Waals surface area contributed by atoms with Gasteiger partial charge in [0.05, 0.1) is 6.54 Å². The largest absolute Gasteiger partial charge is 0.459 e. The topological polar surface area (TPSA) is 71.5 Å². The molecule has 134 valence electrons. The molecule has 1 N–H and O–H groups in total. The third kappa shape index (κ3) is 4.71. The van der Waals surface area contributed by atoms with Crippen molar-refractivity contribution in [2.24, 2.45) is 12.0 Å². The molecule has 0 saturated heterocycles. The smallest absolute Gasteiger partial charge is 0.194 e. The fourth-order valence-electron chi connectivity index (χ4n) is 2.50. The van der Waals surface area contributed by atoms with Gasteiger partial charge in [0, 0.05) is 26.0 Å². The number of nitrogens with zero attached hydrogens (tertiary/aromatic N) is 5. The molecular weight excluding hydrogens is 431 g/mol. The first kappa shape index (κ1) is 19.2. The predicted octanol–water partition coefficient (Wildman–Crippen LogP) is 2.78. The summed E-state index contributed by atoms with van der Waals surface area (Å²) >= 11 is 0. The van der Waals surface area contributed by atoms with Crippen molar-refractivity contribution in [2.45, 2.75) is 20.0 Å². The predicted molar refractivity (Wildman–Crippen MR) is 109 cm³/mol. The average molecular weight is 454 g/mol. The molecule has 0 fully saturated rings. The van der Waals surface area contributed by atoms with Crippen LogP contribution in [-0.4, -0.2) is 39.2 Å². The summed E-state index contributed by atoms with van der Waals surface area (Å²) < 4.78 is 7.61. The molecule has 3 aromatic rings. The maximum atomic E-state index is 5.89. The van der Waals surface area contributed by atoms with Gasteiger partial charge in [-0.05, 0) is 19.1 Å². The molecular formula is C17H23IN6O. The van der Waals surface area contributed by atoms with E-state index < -0.39 is 0 Å². The molecule has 25 heavy (non-hydrogen) atoms. The number of hydrogen-bond acceptors (Lipinski definition) is 4. The number of aryl methyl sites for hydroxylation is 1. The highest BCUT2D eigenvalue weighted by atomic mass is 127. The second kappa shape index (κ2) is 8.84. The van der Waals surface area contributed by atoms with Crippen molar-refractivity contribution < 1.29 is 4.42 Å². The molecule has 0 aliphatic carbocycles. The van der Waals surface area contributed by atoms with Crippen LogP contribution >= 0.6 is 24.0 Å². The van der Waals surface area contributed by atoms with Gasteiger partial charge in [0.2, 0.25) is 0 Å². The van der Waals surface area contributed by atoms with Crippen molar-refractivity contribution in [3.05, 3.63) is 48.2 Å². The van der Waals surface area contributed by atoms with Gasteiger partial charge in [-0.3, -0.25) is 4.68 Å². The van der Waals surface area contributed by atoms with Crippen molar-refractivity contribution in [3.8, 4) is 0 Å². The van der Waals surface area contributed by atoms with E-state index in [9.17, 15) is 0 Å². The number of aliphatic imine (C=N–C) groups is 1. The van der Waals surface area contributed by atoms with E-state index in [-0.39, 0.29) is 24.0 Å². The number of aromatic nitrogens is 3. The standard InChI is InChI=1S/C17H22N6O.HI/c1-4-18-17(19-10-16-20-12-21-23(16)3)22(2)11-14-9-13-7-5-6-8-15(13)24-14;/h5-9,12H,4,10-11H2,1-3H3,(H,18,19);1H. The summed E-state index contributed by atoms with van der Waals surface area (Å²) in [6.45, 7) is 3.96. The molecule has 0 amide bonds. The lowest BCUT2D eigenvalue weighted by molar-refractivity contribution is 0.412. The fourth-order valence-corrected chi connectivity index (χ4v) is 2.50. The summed E-state index contributed by atoms with van der Waals surface area (Å²) in [5.74, 6) is 2.53. The van der Waals surface area contributed by atoms with Gasteiger partial charge in [0.15, 0.2) is 5.96 Å². The number of halogens is 1. The quantitative estimate of drug-likeness (QED) is 0.365. The normalized spacial score (nSPS) is 11.4. The van der Waals surface area contributed by atoms with Gasteiger partial charge in [-0.1, -0.05) is 18.2 Å². The number of furan rings is 1. The Morgan fingerprint density at radius 2 is 2.16 bits per heavy atom. The van der Waals surface area contributed by atoms with Crippen LogP contribution in [0.25, 0.3) is 11.0 Å². The summed E-state index contributed by atoms with van der Waals surface area (Å²) in [6, 6.07) is 10.1. The van der Waals surface area contributed by atoms with Crippen LogP contribution in [0.5, 0.6) is 0 Å². The number of benzene rings is 1. The first-order valence-corrected chi connectivity index (χ1v) is 7.97. The maximum Gasteiger partial charge on any atom is 0.194 e. The third-order valence-corrected chi connectivity index (χ3v) is 3.74. The van der Waals surface area contributed by atoms with E-state index in [1.54, 1.807) is 4.68 Å². The van der Waals surface area contributed by atoms with Crippen LogP contribution in [0.1, 0.15) is 18.5 Å². The number of hydrogen-bond donors (Lipinski definition) is 1. The Balaban J connectivity index is 0.00000225. The van der Waals surface area contributed by atoms with Gasteiger partial charge in [-0.2, -0.15) is 5.10 Å². The lowest BCUT2D eigenvalue weighted by Gasteiger charge is -2.20. The number of guanidine groups is 1. The van der Waals surface area contributed by atoms with Gasteiger partial charge in [-0.15, -0.1) is 24.0 Å². The minimum absolute atomic E-state index is 0. The van der Waals surface area contributed by atoms with Crippen LogP contribution in [-0.2, 0) is 20.1 Å². The summed E-state index contributed by atoms with van der Waals surface area (Å²) in [4.78, 5) is 10.9. The SMILES string of the molecule is CCNC(=NCc1ncnn1C)N(C)Cc1cc2ccccc2o1.I. The summed E-state index contributed by atoms with van der Waals surface area (Å²) in [6.07, 6.45) is 1.54. The van der Waals surface area contributed by atoms with E-state index in [2.05, 4.69) is 32.5 Å². The Morgan fingerprint density at radius 3 is 2.84 bits per heavy atom. The van der Waals surface area contributed by atoms with Crippen LogP contribution in [0.3, 0.4) is 0 Å². The van der Waals surface area contributed by atoms with E-state index in [4.69, 9.17) is 4.42 Å². The van der Waals surface area contributed by atoms with Crippen molar-refractivity contribution >= 4 is 40.9 Å². The van der Waals surface area contributed by atoms with Crippen LogP contribution < -0.4 is 5.32 Å². The van der Waals surface area contributed by atoms with Gasteiger partial charge < -0.3 is 14.6 Å². The zero-order valence-corrected chi connectivity index (χ0v) is 17.0. The third-order valence-electron chi connectivity index (χ3n) is 3.74. The Kier molecular flexibility index (Phi) is 6.80. The summed E-state index contributed by atoms with van der Waals surface area (Å²) in [7, 11) is 3.86. The molecule has 0 aliphatic rings. The lowest BCUT2D eigenvalue weighted by atomic mass is 10.2. The highest BCUT2D eigenvalue weighted by Gasteiger charge is 2.11. The molecule has 7 nitrogen and oxygen atoms in total. The second-order valence-electron chi connectivity index (χ2n) is 5.58. The highest BCUT2D eigenvalue weighted by molar-refractivity contribution is 14.0. The number of rotatable bonds is 5. The monoisotopic (exact) mass is 454 g/mol. The Hall–Kier alpha value is -2.10. The van der Waals surface area contributed by atoms with Gasteiger partial charge in [0.1, 0.15) is 30.0 Å². The molecule has 0 radical (unpaired) electrons. The van der Waals surface area contributed by atoms with Gasteiger partial charge in [-0.25, -0.2) is 9.98 Å². The number of nitrogens with one attached hydrogen (secondary N) is 1. The zero-order chi connectivity index (χ0) is 16.9. The average Bonchev–Trinajstić information content (AvgIpc) is 3.16. The summed E-state index contributed by atoms with van der Waals surface area (Å²) in [5, 5.41) is 8.47. The first-order chi connectivity index (χ1) is 11.7. The molecule has 0 saturated carbocycles. The minimum Gasteiger partial charge on any atom is -0.459 e. The lowest BCUT2D eigenvalue weighted by Crippen LogP contribution is -2.38. The Bertz CT molecular complexity index is 807. The second-order valence-corrected chi connectivity index (χ2v) is 5.58. The highest BCUT2D eigenvalue weighted by Crippen LogP contribution is 2.19. The molecule has 2 aromatic heterocycles. The van der Waals surface area contributed by atoms with Gasteiger partial charge in [0.25, 0.3) is 0 Å². The summed E-state index contributed by atoms with van der Waals surface area (Å²) in [5.41, 5.74) is 0.905. The van der Waals surface area contributed by atoms with Crippen molar-refractivity contribution in [1.82, 2.24) is 25.0 Å². The number of fused-ring (bicyclic) bond motifs is 1. The number of para-hydroxylation sites is 1. The molecule has 0 bridgehead atoms. The molecule has 0 aliphatic heterocycles. The van der Waals surface area contributed by atoms with E-state index in [1.807, 2.05) is 44.1 Å². The van der Waals surface area contributed by atoms with Crippen molar-refractivity contribution in [1.29, 1.82) is 0 Å². The van der Waals surface area contributed by atoms with Crippen LogP contribution in [0.2, 0.25) is 0 Å². The van der Waals surface area contributed by atoms with Crippen molar-refractivity contribution in [2.75, 3.05) is 13.6 Å². The van der Waals surface area contributed by atoms with Crippen LogP contribution in [0, 0.1) is 0 Å². The van der Waals surface area contributed by atoms with Crippen LogP contribution in [0.4, 0.5) is 0 Å². The van der Waals surface area contributed by atoms with E-state index >= 15 is 0 Å². The minimum atomic E-state index is 0. The molecule has 8 heteroatoms. The Labute approximate surface area is 164 Å². The molecule has 2 heterocycles. The molecule has 0 spiro atoms. The Morgan fingerprint density at radius 1 is 1.36 bits per heavy atom. The van der Waals surface area contributed by atoms with E-state index in [0.717, 1.165) is 35.1 Å². The van der Waals surface area contributed by atoms with E-state index in [1.165, 1.54) is 6.33 Å².